The largest absolute Gasteiger partial charge is 0.292 e. The van der Waals surface area contributed by atoms with Crippen LogP contribution in [0.15, 0.2) is 35.3 Å². The van der Waals surface area contributed by atoms with Crippen molar-refractivity contribution in [1.29, 1.82) is 0 Å². The van der Waals surface area contributed by atoms with Gasteiger partial charge in [-0.15, -0.1) is 0 Å². The van der Waals surface area contributed by atoms with Crippen LogP contribution < -0.4 is 4.80 Å². The summed E-state index contributed by atoms with van der Waals surface area (Å²) in [5, 5.41) is 5.58. The van der Waals surface area contributed by atoms with Gasteiger partial charge < -0.3 is 0 Å². The number of nitrogens with zero attached hydrogens (tertiary/aromatic N) is 4. The van der Waals surface area contributed by atoms with Crippen LogP contribution in [-0.2, 0) is 13.0 Å². The highest BCUT2D eigenvalue weighted by molar-refractivity contribution is 7.08. The van der Waals surface area contributed by atoms with Crippen LogP contribution in [-0.4, -0.2) is 40.2 Å². The van der Waals surface area contributed by atoms with E-state index in [4.69, 9.17) is 0 Å². The van der Waals surface area contributed by atoms with Crippen LogP contribution in [0.1, 0.15) is 41.6 Å². The van der Waals surface area contributed by atoms with Crippen molar-refractivity contribution in [3.63, 3.8) is 0 Å². The number of aromatic nitrogens is 2. The fourth-order valence-corrected chi connectivity index (χ4v) is 3.82. The highest BCUT2D eigenvalue weighted by atomic mass is 32.1. The first-order valence-corrected chi connectivity index (χ1v) is 9.97. The van der Waals surface area contributed by atoms with Crippen molar-refractivity contribution in [3.8, 4) is 11.8 Å². The Balaban J connectivity index is 1.76. The molecule has 1 aliphatic rings. The molecule has 2 aromatic rings. The average molecular weight is 369 g/mol. The minimum Gasteiger partial charge on any atom is -0.292 e. The zero-order valence-electron chi connectivity index (χ0n) is 15.1. The Hall–Kier alpha value is -2.23. The molecule has 1 aliphatic heterocycles. The average Bonchev–Trinajstić information content (AvgIpc) is 3.30. The minimum atomic E-state index is -0.240. The van der Waals surface area contributed by atoms with E-state index in [-0.39, 0.29) is 5.91 Å². The Morgan fingerprint density at radius 2 is 1.92 bits per heavy atom. The van der Waals surface area contributed by atoms with Gasteiger partial charge in [-0.3, -0.25) is 9.69 Å². The van der Waals surface area contributed by atoms with Crippen LogP contribution in [0, 0.1) is 11.8 Å². The topological polar surface area (TPSA) is 50.5 Å². The second kappa shape index (κ2) is 9.46. The number of carbonyl (C=O) groups is 1. The summed E-state index contributed by atoms with van der Waals surface area (Å²) in [7, 11) is 0. The second-order valence-corrected chi connectivity index (χ2v) is 7.35. The van der Waals surface area contributed by atoms with E-state index in [0.717, 1.165) is 37.5 Å². The van der Waals surface area contributed by atoms with Gasteiger partial charge in [0.05, 0.1) is 6.54 Å². The molecule has 0 unspecified atom stereocenters. The Kier molecular flexibility index (Phi) is 6.75. The van der Waals surface area contributed by atoms with E-state index in [9.17, 15) is 4.79 Å². The van der Waals surface area contributed by atoms with Gasteiger partial charge in [0.25, 0.3) is 5.91 Å². The predicted molar refractivity (Wildman–Crippen MR) is 104 cm³/mol. The minimum absolute atomic E-state index is 0.240. The van der Waals surface area contributed by atoms with Gasteiger partial charge >= 0.3 is 0 Å². The van der Waals surface area contributed by atoms with Crippen LogP contribution in [0.5, 0.6) is 0 Å². The van der Waals surface area contributed by atoms with Crippen LogP contribution in [0.4, 0.5) is 0 Å². The first-order chi connectivity index (χ1) is 12.8. The smallest absolute Gasteiger partial charge is 0.279 e. The Bertz CT molecular complexity index is 851. The first-order valence-electron chi connectivity index (χ1n) is 9.15. The van der Waals surface area contributed by atoms with Crippen LogP contribution in [0.3, 0.4) is 0 Å². The van der Waals surface area contributed by atoms with E-state index >= 15 is 0 Å². The van der Waals surface area contributed by atoms with Crippen molar-refractivity contribution in [2.24, 2.45) is 4.99 Å². The van der Waals surface area contributed by atoms with Gasteiger partial charge in [-0.05, 0) is 44.5 Å². The molecule has 0 N–H and O–H groups in total. The lowest BCUT2D eigenvalue weighted by atomic mass is 10.2. The molecular formula is C20H24N4OS. The molecule has 3 rings (SSSR count). The van der Waals surface area contributed by atoms with E-state index < -0.39 is 0 Å². The van der Waals surface area contributed by atoms with E-state index in [2.05, 4.69) is 33.8 Å². The fourth-order valence-electron chi connectivity index (χ4n) is 2.83. The molecule has 0 bridgehead atoms. The van der Waals surface area contributed by atoms with Crippen molar-refractivity contribution in [2.45, 2.75) is 39.2 Å². The quantitative estimate of drug-likeness (QED) is 0.763. The van der Waals surface area contributed by atoms with Gasteiger partial charge in [0.15, 0.2) is 0 Å². The molecule has 2 heterocycles. The van der Waals surface area contributed by atoms with Crippen molar-refractivity contribution in [3.05, 3.63) is 45.7 Å². The monoisotopic (exact) mass is 368 g/mol. The normalized spacial score (nSPS) is 15.0. The summed E-state index contributed by atoms with van der Waals surface area (Å²) in [4.78, 5) is 19.7. The molecule has 0 radical (unpaired) electrons. The molecule has 5 nitrogen and oxygen atoms in total. The number of hydrogen-bond acceptors (Lipinski definition) is 4. The summed E-state index contributed by atoms with van der Waals surface area (Å²) in [6.07, 6.45) is 4.45. The molecule has 1 aromatic carbocycles. The van der Waals surface area contributed by atoms with Gasteiger partial charge in [-0.25, -0.2) is 4.68 Å². The van der Waals surface area contributed by atoms with Gasteiger partial charge in [-0.1, -0.05) is 48.3 Å². The molecule has 0 saturated carbocycles. The second-order valence-electron chi connectivity index (χ2n) is 6.31. The number of hydrogen-bond donors (Lipinski definition) is 0. The molecule has 136 valence electrons. The van der Waals surface area contributed by atoms with Gasteiger partial charge in [0, 0.05) is 12.0 Å². The fraction of sp³-hybridized carbons (Fsp3) is 0.450. The molecule has 6 heteroatoms. The molecule has 1 fully saturated rings. The molecule has 26 heavy (non-hydrogen) atoms. The maximum absolute atomic E-state index is 12.4. The molecule has 1 aromatic heterocycles. The predicted octanol–water partition coefficient (Wildman–Crippen LogP) is 2.74. The summed E-state index contributed by atoms with van der Waals surface area (Å²) < 4.78 is 1.76. The Morgan fingerprint density at radius 3 is 2.65 bits per heavy atom. The number of carbonyl (C=O) groups excluding carboxylic acids is 1. The number of benzene rings is 1. The third kappa shape index (κ3) is 5.13. The molecule has 1 saturated heterocycles. The van der Waals surface area contributed by atoms with Crippen LogP contribution in [0.2, 0.25) is 0 Å². The first kappa shape index (κ1) is 18.6. The summed E-state index contributed by atoms with van der Waals surface area (Å²) >= 11 is 1.48. The highest BCUT2D eigenvalue weighted by Gasteiger charge is 2.09. The van der Waals surface area contributed by atoms with E-state index in [1.807, 2.05) is 18.2 Å². The lowest BCUT2D eigenvalue weighted by molar-refractivity contribution is 0.0997. The molecule has 0 atom stereocenters. The zero-order valence-corrected chi connectivity index (χ0v) is 16.0. The third-order valence-electron chi connectivity index (χ3n) is 4.20. The zero-order chi connectivity index (χ0) is 18.2. The van der Waals surface area contributed by atoms with Gasteiger partial charge in [0.2, 0.25) is 4.80 Å². The maximum Gasteiger partial charge on any atom is 0.279 e. The van der Waals surface area contributed by atoms with Crippen molar-refractivity contribution < 1.29 is 4.79 Å². The summed E-state index contributed by atoms with van der Waals surface area (Å²) in [6.45, 7) is 5.68. The maximum atomic E-state index is 12.4. The summed E-state index contributed by atoms with van der Waals surface area (Å²) in [5.74, 6) is 6.16. The molecule has 0 aliphatic carbocycles. The highest BCUT2D eigenvalue weighted by Crippen LogP contribution is 2.06. The molecule has 1 amide bonds. The third-order valence-corrected chi connectivity index (χ3v) is 5.21. The number of amides is 1. The lowest BCUT2D eigenvalue weighted by Crippen LogP contribution is -2.20. The van der Waals surface area contributed by atoms with Crippen molar-refractivity contribution in [1.82, 2.24) is 14.7 Å². The summed E-state index contributed by atoms with van der Waals surface area (Å²) in [5.41, 5.74) is 0.588. The van der Waals surface area contributed by atoms with Gasteiger partial charge in [0.1, 0.15) is 11.6 Å². The number of likely N-dealkylation sites (tertiary alicyclic amines) is 1. The van der Waals surface area contributed by atoms with E-state index in [1.54, 1.807) is 16.8 Å². The van der Waals surface area contributed by atoms with Crippen LogP contribution >= 0.6 is 11.3 Å². The molecule has 0 spiro atoms. The SMILES string of the molecule is CCCc1nn(CC#CCN2CCCC2)c(=NC(=O)c2ccccc2)s1. The van der Waals surface area contributed by atoms with Crippen molar-refractivity contribution in [2.75, 3.05) is 19.6 Å². The van der Waals surface area contributed by atoms with Crippen LogP contribution in [0.25, 0.3) is 0 Å². The number of aryl methyl sites for hydroxylation is 1. The van der Waals surface area contributed by atoms with Crippen molar-refractivity contribution >= 4 is 17.2 Å². The standard InChI is InChI=1S/C20H24N4OS/c1-2-10-18-22-24(16-9-8-15-23-13-6-7-14-23)20(26-18)21-19(25)17-11-4-3-5-12-17/h3-5,11-12H,2,6-7,10,13-16H2,1H3. The Morgan fingerprint density at radius 1 is 1.19 bits per heavy atom. The molecular weight excluding hydrogens is 344 g/mol. The summed E-state index contributed by atoms with van der Waals surface area (Å²) in [6, 6.07) is 9.13. The lowest BCUT2D eigenvalue weighted by Gasteiger charge is -2.08. The Labute approximate surface area is 158 Å². The van der Waals surface area contributed by atoms with E-state index in [1.165, 1.54) is 24.2 Å². The van der Waals surface area contributed by atoms with Gasteiger partial charge in [-0.2, -0.15) is 10.1 Å². The van der Waals surface area contributed by atoms with E-state index in [0.29, 0.717) is 16.9 Å². The number of rotatable bonds is 5.